The monoisotopic (exact) mass is 236 g/mol. The fourth-order valence-electron chi connectivity index (χ4n) is 2.19. The summed E-state index contributed by atoms with van der Waals surface area (Å²) < 4.78 is 0. The van der Waals surface area contributed by atoms with Crippen LogP contribution < -0.4 is 5.32 Å². The smallest absolute Gasteiger partial charge is 0.115 e. The van der Waals surface area contributed by atoms with E-state index in [2.05, 4.69) is 53.6 Å². The molecule has 0 amide bonds. The second kappa shape index (κ2) is 4.30. The van der Waals surface area contributed by atoms with Crippen molar-refractivity contribution in [3.05, 3.63) is 53.7 Å². The summed E-state index contributed by atoms with van der Waals surface area (Å²) in [6.45, 7) is 4.15. The van der Waals surface area contributed by atoms with Crippen LogP contribution in [0.2, 0.25) is 0 Å². The highest BCUT2D eigenvalue weighted by Gasteiger charge is 2.06. The third-order valence-electron chi connectivity index (χ3n) is 3.25. The van der Waals surface area contributed by atoms with Gasteiger partial charge in [0.15, 0.2) is 0 Å². The van der Waals surface area contributed by atoms with Crippen LogP contribution >= 0.6 is 0 Å². The van der Waals surface area contributed by atoms with Crippen molar-refractivity contribution in [1.29, 1.82) is 0 Å². The van der Waals surface area contributed by atoms with Gasteiger partial charge in [-0.25, -0.2) is 0 Å². The number of hydrogen-bond acceptors (Lipinski definition) is 2. The first-order chi connectivity index (χ1) is 8.72. The Morgan fingerprint density at radius 3 is 2.61 bits per heavy atom. The van der Waals surface area contributed by atoms with Crippen molar-refractivity contribution in [3.8, 4) is 0 Å². The lowest BCUT2D eigenvalue weighted by Crippen LogP contribution is -2.21. The van der Waals surface area contributed by atoms with Crippen LogP contribution in [-0.2, 0) is 0 Å². The van der Waals surface area contributed by atoms with Crippen LogP contribution in [0.1, 0.15) is 18.1 Å². The molecule has 1 heterocycles. The molecule has 0 radical (unpaired) electrons. The fourth-order valence-corrected chi connectivity index (χ4v) is 2.19. The molecular formula is C16H16N2. The van der Waals surface area contributed by atoms with Gasteiger partial charge in [-0.15, -0.1) is 0 Å². The minimum atomic E-state index is 0.178. The van der Waals surface area contributed by atoms with Crippen molar-refractivity contribution in [1.82, 2.24) is 5.32 Å². The first-order valence-electron chi connectivity index (χ1n) is 6.22. The Hall–Kier alpha value is -2.09. The van der Waals surface area contributed by atoms with Crippen molar-refractivity contribution < 1.29 is 0 Å². The van der Waals surface area contributed by atoms with Gasteiger partial charge in [0, 0.05) is 18.0 Å². The van der Waals surface area contributed by atoms with Gasteiger partial charge in [-0.1, -0.05) is 35.9 Å². The second-order valence-electron chi connectivity index (χ2n) is 4.79. The Morgan fingerprint density at radius 2 is 1.83 bits per heavy atom. The van der Waals surface area contributed by atoms with Crippen molar-refractivity contribution in [2.24, 2.45) is 4.99 Å². The van der Waals surface area contributed by atoms with E-state index in [0.717, 1.165) is 5.57 Å². The molecule has 2 aromatic rings. The minimum Gasteiger partial charge on any atom is -0.369 e. The van der Waals surface area contributed by atoms with E-state index in [1.54, 1.807) is 0 Å². The standard InChI is InChI=1S/C16H16N2/c1-11-3-4-14-8-15(6-5-13(14)7-11)16-9-17-12(2)18-10-16/h3-10,12,17H,1-2H3. The molecule has 1 atom stereocenters. The molecule has 3 rings (SSSR count). The van der Waals surface area contributed by atoms with Gasteiger partial charge in [-0.05, 0) is 36.2 Å². The van der Waals surface area contributed by atoms with Crippen LogP contribution in [0.15, 0.2) is 47.6 Å². The number of hydrogen-bond donors (Lipinski definition) is 1. The van der Waals surface area contributed by atoms with Crippen LogP contribution in [-0.4, -0.2) is 12.4 Å². The minimum absolute atomic E-state index is 0.178. The number of benzene rings is 2. The SMILES string of the molecule is Cc1ccc2cc(C3=CNC(C)N=C3)ccc2c1. The van der Waals surface area contributed by atoms with E-state index in [1.165, 1.54) is 21.9 Å². The number of nitrogens with zero attached hydrogens (tertiary/aromatic N) is 1. The lowest BCUT2D eigenvalue weighted by Gasteiger charge is -2.14. The zero-order valence-corrected chi connectivity index (χ0v) is 10.6. The number of aryl methyl sites for hydroxylation is 1. The summed E-state index contributed by atoms with van der Waals surface area (Å²) in [5.41, 5.74) is 3.63. The topological polar surface area (TPSA) is 24.4 Å². The zero-order valence-electron chi connectivity index (χ0n) is 10.6. The maximum absolute atomic E-state index is 4.38. The predicted octanol–water partition coefficient (Wildman–Crippen LogP) is 3.51. The molecule has 1 aliphatic heterocycles. The molecule has 18 heavy (non-hydrogen) atoms. The lowest BCUT2D eigenvalue weighted by atomic mass is 10.0. The normalized spacial score (nSPS) is 18.6. The van der Waals surface area contributed by atoms with Gasteiger partial charge >= 0.3 is 0 Å². The summed E-state index contributed by atoms with van der Waals surface area (Å²) >= 11 is 0. The first-order valence-corrected chi connectivity index (χ1v) is 6.22. The molecule has 2 heteroatoms. The van der Waals surface area contributed by atoms with Crippen molar-refractivity contribution >= 4 is 22.6 Å². The molecular weight excluding hydrogens is 220 g/mol. The van der Waals surface area contributed by atoms with Crippen molar-refractivity contribution in [3.63, 3.8) is 0 Å². The van der Waals surface area contributed by atoms with Gasteiger partial charge in [0.05, 0.1) is 0 Å². The molecule has 0 fully saturated rings. The Morgan fingerprint density at radius 1 is 1.06 bits per heavy atom. The summed E-state index contributed by atoms with van der Waals surface area (Å²) in [5, 5.41) is 5.78. The lowest BCUT2D eigenvalue weighted by molar-refractivity contribution is 0.672. The van der Waals surface area contributed by atoms with Crippen LogP contribution in [0, 0.1) is 6.92 Å². The maximum atomic E-state index is 4.38. The molecule has 1 unspecified atom stereocenters. The number of fused-ring (bicyclic) bond motifs is 1. The van der Waals surface area contributed by atoms with Crippen LogP contribution in [0.5, 0.6) is 0 Å². The van der Waals surface area contributed by atoms with Crippen LogP contribution in [0.3, 0.4) is 0 Å². The Balaban J connectivity index is 2.04. The molecule has 90 valence electrons. The molecule has 0 saturated carbocycles. The van der Waals surface area contributed by atoms with Gasteiger partial charge in [-0.2, -0.15) is 0 Å². The maximum Gasteiger partial charge on any atom is 0.115 e. The van der Waals surface area contributed by atoms with E-state index in [-0.39, 0.29) is 6.17 Å². The molecule has 2 nitrogen and oxygen atoms in total. The largest absolute Gasteiger partial charge is 0.369 e. The van der Waals surface area contributed by atoms with E-state index >= 15 is 0 Å². The van der Waals surface area contributed by atoms with Crippen LogP contribution in [0.25, 0.3) is 16.3 Å². The highest BCUT2D eigenvalue weighted by Crippen LogP contribution is 2.22. The molecule has 2 aromatic carbocycles. The number of rotatable bonds is 1. The average Bonchev–Trinajstić information content (AvgIpc) is 2.39. The van der Waals surface area contributed by atoms with Gasteiger partial charge in [0.1, 0.15) is 6.17 Å². The third kappa shape index (κ3) is 2.02. The molecule has 1 aliphatic rings. The van der Waals surface area contributed by atoms with E-state index in [4.69, 9.17) is 0 Å². The van der Waals surface area contributed by atoms with E-state index < -0.39 is 0 Å². The zero-order chi connectivity index (χ0) is 12.5. The first kappa shape index (κ1) is 11.0. The fraction of sp³-hybridized carbons (Fsp3) is 0.188. The molecule has 0 aromatic heterocycles. The molecule has 0 spiro atoms. The summed E-state index contributed by atoms with van der Waals surface area (Å²) in [6.07, 6.45) is 4.15. The molecule has 0 bridgehead atoms. The van der Waals surface area contributed by atoms with Crippen molar-refractivity contribution in [2.75, 3.05) is 0 Å². The summed E-state index contributed by atoms with van der Waals surface area (Å²) in [5.74, 6) is 0. The average molecular weight is 236 g/mol. The quantitative estimate of drug-likeness (QED) is 0.805. The third-order valence-corrected chi connectivity index (χ3v) is 3.25. The highest BCUT2D eigenvalue weighted by atomic mass is 15.1. The number of nitrogens with one attached hydrogen (secondary N) is 1. The van der Waals surface area contributed by atoms with E-state index in [1.807, 2.05) is 19.3 Å². The molecule has 0 saturated heterocycles. The van der Waals surface area contributed by atoms with Crippen molar-refractivity contribution in [2.45, 2.75) is 20.0 Å². The van der Waals surface area contributed by atoms with Gasteiger partial charge < -0.3 is 5.32 Å². The number of aliphatic imine (C=N–C) groups is 1. The number of allylic oxidation sites excluding steroid dienone is 1. The van der Waals surface area contributed by atoms with Gasteiger partial charge in [0.25, 0.3) is 0 Å². The Labute approximate surface area is 107 Å². The molecule has 1 N–H and O–H groups in total. The van der Waals surface area contributed by atoms with Gasteiger partial charge in [-0.3, -0.25) is 4.99 Å². The van der Waals surface area contributed by atoms with Gasteiger partial charge in [0.2, 0.25) is 0 Å². The van der Waals surface area contributed by atoms with Crippen LogP contribution in [0.4, 0.5) is 0 Å². The van der Waals surface area contributed by atoms with E-state index in [0.29, 0.717) is 0 Å². The summed E-state index contributed by atoms with van der Waals surface area (Å²) in [4.78, 5) is 4.38. The Bertz CT molecular complexity index is 653. The molecule has 0 aliphatic carbocycles. The summed E-state index contributed by atoms with van der Waals surface area (Å²) in [7, 11) is 0. The predicted molar refractivity (Wildman–Crippen MR) is 77.8 cm³/mol. The van der Waals surface area contributed by atoms with E-state index in [9.17, 15) is 0 Å². The highest BCUT2D eigenvalue weighted by molar-refractivity contribution is 6.11. The summed E-state index contributed by atoms with van der Waals surface area (Å²) in [6, 6.07) is 13.1. The second-order valence-corrected chi connectivity index (χ2v) is 4.79. The Kier molecular flexibility index (Phi) is 2.63.